The Bertz CT molecular complexity index is 924. The standard InChI is InChI=1S/C18H18ClF3N2O2S.ClH/c1-23-9-10-24(17(12-23)13-5-3-2-4-6-13)27(25,26)14-7-8-16(19)15(11-14)18(20,21)22;/h2-8,11,17H,9-10,12H2,1H3;1H. The van der Waals surface area contributed by atoms with Gasteiger partial charge in [0.25, 0.3) is 0 Å². The average Bonchev–Trinajstić information content (AvgIpc) is 2.61. The molecule has 10 heteroatoms. The molecule has 1 aliphatic rings. The third-order valence-corrected chi connectivity index (χ3v) is 6.80. The minimum absolute atomic E-state index is 0. The molecular weight excluding hydrogens is 436 g/mol. The summed E-state index contributed by atoms with van der Waals surface area (Å²) >= 11 is 5.63. The number of likely N-dealkylation sites (N-methyl/N-ethyl adjacent to an activating group) is 1. The van der Waals surface area contributed by atoms with E-state index in [1.807, 2.05) is 30.1 Å². The molecule has 0 spiro atoms. The Kier molecular flexibility index (Phi) is 7.04. The number of hydrogen-bond acceptors (Lipinski definition) is 3. The summed E-state index contributed by atoms with van der Waals surface area (Å²) in [5.74, 6) is 0. The second kappa shape index (κ2) is 8.59. The first-order valence-corrected chi connectivity index (χ1v) is 10.0. The van der Waals surface area contributed by atoms with Crippen LogP contribution in [0.4, 0.5) is 13.2 Å². The first-order valence-electron chi connectivity index (χ1n) is 8.23. The summed E-state index contributed by atoms with van der Waals surface area (Å²) in [6, 6.07) is 11.3. The Morgan fingerprint density at radius 1 is 1.07 bits per heavy atom. The smallest absolute Gasteiger partial charge is 0.303 e. The average molecular weight is 455 g/mol. The molecule has 2 aromatic rings. The van der Waals surface area contributed by atoms with Gasteiger partial charge in [0.1, 0.15) is 0 Å². The lowest BCUT2D eigenvalue weighted by Gasteiger charge is -2.39. The van der Waals surface area contributed by atoms with E-state index in [-0.39, 0.29) is 19.0 Å². The number of halogens is 5. The van der Waals surface area contributed by atoms with Gasteiger partial charge in [-0.25, -0.2) is 8.42 Å². The first-order chi connectivity index (χ1) is 12.6. The maximum Gasteiger partial charge on any atom is 0.417 e. The molecule has 3 rings (SSSR count). The fourth-order valence-electron chi connectivity index (χ4n) is 3.15. The summed E-state index contributed by atoms with van der Waals surface area (Å²) in [6.07, 6.45) is -4.73. The Labute approximate surface area is 173 Å². The maximum absolute atomic E-state index is 13.2. The monoisotopic (exact) mass is 454 g/mol. The van der Waals surface area contributed by atoms with Crippen LogP contribution in [0.3, 0.4) is 0 Å². The van der Waals surface area contributed by atoms with Gasteiger partial charge >= 0.3 is 6.18 Å². The number of alkyl halides is 3. The number of hydrogen-bond donors (Lipinski definition) is 0. The normalized spacial score (nSPS) is 19.2. The van der Waals surface area contributed by atoms with E-state index in [4.69, 9.17) is 11.6 Å². The van der Waals surface area contributed by atoms with Gasteiger partial charge in [-0.15, -0.1) is 12.4 Å². The summed E-state index contributed by atoms with van der Waals surface area (Å²) in [7, 11) is -2.26. The van der Waals surface area contributed by atoms with E-state index < -0.39 is 37.7 Å². The molecule has 0 aromatic heterocycles. The number of rotatable bonds is 3. The van der Waals surface area contributed by atoms with Crippen molar-refractivity contribution < 1.29 is 21.6 Å². The second-order valence-electron chi connectivity index (χ2n) is 6.44. The van der Waals surface area contributed by atoms with Crippen LogP contribution in [0.2, 0.25) is 5.02 Å². The molecule has 154 valence electrons. The SMILES string of the molecule is CN1CCN(S(=O)(=O)c2ccc(Cl)c(C(F)(F)F)c2)C(c2ccccc2)C1.Cl. The molecule has 1 aliphatic heterocycles. The fraction of sp³-hybridized carbons (Fsp3) is 0.333. The third-order valence-electron chi connectivity index (χ3n) is 4.57. The number of benzene rings is 2. The van der Waals surface area contributed by atoms with Crippen molar-refractivity contribution in [1.29, 1.82) is 0 Å². The molecule has 0 bridgehead atoms. The number of nitrogens with zero attached hydrogens (tertiary/aromatic N) is 2. The van der Waals surface area contributed by atoms with Crippen molar-refractivity contribution in [2.75, 3.05) is 26.7 Å². The van der Waals surface area contributed by atoms with Crippen molar-refractivity contribution in [2.24, 2.45) is 0 Å². The van der Waals surface area contributed by atoms with Crippen LogP contribution < -0.4 is 0 Å². The molecule has 1 saturated heterocycles. The molecule has 28 heavy (non-hydrogen) atoms. The van der Waals surface area contributed by atoms with Crippen molar-refractivity contribution in [3.05, 3.63) is 64.7 Å². The summed E-state index contributed by atoms with van der Waals surface area (Å²) in [5, 5.41) is -0.528. The van der Waals surface area contributed by atoms with Gasteiger partial charge in [0.05, 0.1) is 21.5 Å². The molecule has 2 aromatic carbocycles. The quantitative estimate of drug-likeness (QED) is 0.687. The molecule has 0 saturated carbocycles. The van der Waals surface area contributed by atoms with Crippen LogP contribution in [0.15, 0.2) is 53.4 Å². The largest absolute Gasteiger partial charge is 0.417 e. The van der Waals surface area contributed by atoms with Gasteiger partial charge in [-0.05, 0) is 30.8 Å². The molecular formula is C18H19Cl2F3N2O2S. The van der Waals surface area contributed by atoms with Gasteiger partial charge < -0.3 is 4.90 Å². The summed E-state index contributed by atoms with van der Waals surface area (Å²) in [5.41, 5.74) is -0.367. The van der Waals surface area contributed by atoms with Crippen LogP contribution >= 0.6 is 24.0 Å². The third kappa shape index (κ3) is 4.63. The molecule has 0 N–H and O–H groups in total. The zero-order valence-electron chi connectivity index (χ0n) is 14.9. The van der Waals surface area contributed by atoms with Crippen molar-refractivity contribution in [3.8, 4) is 0 Å². The molecule has 4 nitrogen and oxygen atoms in total. The van der Waals surface area contributed by atoms with Crippen LogP contribution in [0.5, 0.6) is 0 Å². The van der Waals surface area contributed by atoms with Crippen LogP contribution in [0.25, 0.3) is 0 Å². The molecule has 0 aliphatic carbocycles. The lowest BCUT2D eigenvalue weighted by atomic mass is 10.1. The Morgan fingerprint density at radius 2 is 1.71 bits per heavy atom. The summed E-state index contributed by atoms with van der Waals surface area (Å²) in [6.45, 7) is 1.12. The van der Waals surface area contributed by atoms with E-state index in [2.05, 4.69) is 0 Å². The van der Waals surface area contributed by atoms with Crippen LogP contribution in [0.1, 0.15) is 17.2 Å². The summed E-state index contributed by atoms with van der Waals surface area (Å²) in [4.78, 5) is 1.58. The van der Waals surface area contributed by atoms with Crippen LogP contribution in [0, 0.1) is 0 Å². The lowest BCUT2D eigenvalue weighted by molar-refractivity contribution is -0.137. The van der Waals surface area contributed by atoms with Gasteiger partial charge in [-0.3, -0.25) is 0 Å². The predicted molar refractivity (Wildman–Crippen MR) is 104 cm³/mol. The molecule has 1 fully saturated rings. The van der Waals surface area contributed by atoms with Gasteiger partial charge in [-0.1, -0.05) is 41.9 Å². The molecule has 0 radical (unpaired) electrons. The van der Waals surface area contributed by atoms with Gasteiger partial charge in [0, 0.05) is 19.6 Å². The van der Waals surface area contributed by atoms with Crippen molar-refractivity contribution in [1.82, 2.24) is 9.21 Å². The van der Waals surface area contributed by atoms with E-state index in [9.17, 15) is 21.6 Å². The van der Waals surface area contributed by atoms with E-state index in [0.717, 1.165) is 17.7 Å². The fourth-order valence-corrected chi connectivity index (χ4v) is 5.00. The second-order valence-corrected chi connectivity index (χ2v) is 8.74. The molecule has 1 atom stereocenters. The van der Waals surface area contributed by atoms with Crippen molar-refractivity contribution >= 4 is 34.0 Å². The highest BCUT2D eigenvalue weighted by atomic mass is 35.5. The number of piperazine rings is 1. The van der Waals surface area contributed by atoms with E-state index in [0.29, 0.717) is 19.2 Å². The zero-order chi connectivity index (χ0) is 19.8. The maximum atomic E-state index is 13.2. The molecule has 1 unspecified atom stereocenters. The minimum atomic E-state index is -4.73. The van der Waals surface area contributed by atoms with Gasteiger partial charge in [-0.2, -0.15) is 17.5 Å². The minimum Gasteiger partial charge on any atom is -0.303 e. The predicted octanol–water partition coefficient (Wildman–Crippen LogP) is 4.46. The van der Waals surface area contributed by atoms with E-state index >= 15 is 0 Å². The molecule has 0 amide bonds. The Balaban J connectivity index is 0.00000280. The highest BCUT2D eigenvalue weighted by Crippen LogP contribution is 2.38. The molecule has 1 heterocycles. The van der Waals surface area contributed by atoms with Crippen molar-refractivity contribution in [2.45, 2.75) is 17.1 Å². The van der Waals surface area contributed by atoms with Crippen molar-refractivity contribution in [3.63, 3.8) is 0 Å². The Morgan fingerprint density at radius 3 is 2.32 bits per heavy atom. The van der Waals surface area contributed by atoms with E-state index in [1.165, 1.54) is 4.31 Å². The van der Waals surface area contributed by atoms with Crippen LogP contribution in [-0.4, -0.2) is 44.3 Å². The van der Waals surface area contributed by atoms with Gasteiger partial charge in [0.2, 0.25) is 10.0 Å². The van der Waals surface area contributed by atoms with Gasteiger partial charge in [0.15, 0.2) is 0 Å². The number of sulfonamides is 1. The topological polar surface area (TPSA) is 40.6 Å². The summed E-state index contributed by atoms with van der Waals surface area (Å²) < 4.78 is 67.1. The highest BCUT2D eigenvalue weighted by molar-refractivity contribution is 7.89. The Hall–Kier alpha value is -1.32. The first kappa shape index (κ1) is 23.0. The highest BCUT2D eigenvalue weighted by Gasteiger charge is 2.39. The lowest BCUT2D eigenvalue weighted by Crippen LogP contribution is -2.49. The van der Waals surface area contributed by atoms with E-state index in [1.54, 1.807) is 12.1 Å². The zero-order valence-corrected chi connectivity index (χ0v) is 17.2. The van der Waals surface area contributed by atoms with Crippen LogP contribution in [-0.2, 0) is 16.2 Å².